The van der Waals surface area contributed by atoms with Gasteiger partial charge >= 0.3 is 0 Å². The summed E-state index contributed by atoms with van der Waals surface area (Å²) in [5.74, 6) is 2.00. The zero-order valence-corrected chi connectivity index (χ0v) is 11.8. The Morgan fingerprint density at radius 2 is 2.16 bits per heavy atom. The Morgan fingerprint density at radius 1 is 1.37 bits per heavy atom. The third kappa shape index (κ3) is 4.96. The average molecular weight is 296 g/mol. The SMILES string of the molecule is O=C(CSCc1ccc(Cl)cc1)NCc1ncc[nH]1. The first-order valence-electron chi connectivity index (χ1n) is 5.81. The van der Waals surface area contributed by atoms with Gasteiger partial charge in [0, 0.05) is 23.2 Å². The van der Waals surface area contributed by atoms with E-state index in [9.17, 15) is 4.79 Å². The fraction of sp³-hybridized carbons (Fsp3) is 0.231. The van der Waals surface area contributed by atoms with Crippen molar-refractivity contribution in [2.45, 2.75) is 12.3 Å². The molecule has 0 radical (unpaired) electrons. The van der Waals surface area contributed by atoms with E-state index in [1.54, 1.807) is 24.2 Å². The van der Waals surface area contributed by atoms with E-state index < -0.39 is 0 Å². The summed E-state index contributed by atoms with van der Waals surface area (Å²) in [7, 11) is 0. The maximum absolute atomic E-state index is 11.6. The number of carbonyl (C=O) groups is 1. The Hall–Kier alpha value is -1.46. The van der Waals surface area contributed by atoms with Gasteiger partial charge in [0.2, 0.25) is 5.91 Å². The highest BCUT2D eigenvalue weighted by Crippen LogP contribution is 2.15. The molecule has 2 aromatic rings. The number of benzene rings is 1. The molecule has 0 fully saturated rings. The molecule has 1 heterocycles. The minimum atomic E-state index is 0.00960. The van der Waals surface area contributed by atoms with Gasteiger partial charge in [-0.3, -0.25) is 4.79 Å². The van der Waals surface area contributed by atoms with Gasteiger partial charge in [0.15, 0.2) is 0 Å². The highest BCUT2D eigenvalue weighted by atomic mass is 35.5. The Bertz CT molecular complexity index is 513. The lowest BCUT2D eigenvalue weighted by Gasteiger charge is -2.04. The van der Waals surface area contributed by atoms with E-state index in [-0.39, 0.29) is 5.91 Å². The van der Waals surface area contributed by atoms with Gasteiger partial charge < -0.3 is 10.3 Å². The summed E-state index contributed by atoms with van der Waals surface area (Å²) >= 11 is 7.38. The minimum absolute atomic E-state index is 0.00960. The maximum Gasteiger partial charge on any atom is 0.230 e. The third-order valence-corrected chi connectivity index (χ3v) is 3.68. The highest BCUT2D eigenvalue weighted by molar-refractivity contribution is 7.99. The topological polar surface area (TPSA) is 57.8 Å². The van der Waals surface area contributed by atoms with Crippen LogP contribution >= 0.6 is 23.4 Å². The summed E-state index contributed by atoms with van der Waals surface area (Å²) in [6, 6.07) is 7.65. The summed E-state index contributed by atoms with van der Waals surface area (Å²) < 4.78 is 0. The number of aromatic amines is 1. The Labute approximate surface area is 121 Å². The molecule has 0 aliphatic carbocycles. The van der Waals surface area contributed by atoms with E-state index >= 15 is 0 Å². The quantitative estimate of drug-likeness (QED) is 0.861. The molecule has 0 unspecified atom stereocenters. The number of aromatic nitrogens is 2. The lowest BCUT2D eigenvalue weighted by molar-refractivity contribution is -0.118. The van der Waals surface area contributed by atoms with Gasteiger partial charge in [0.25, 0.3) is 0 Å². The molecule has 0 atom stereocenters. The largest absolute Gasteiger partial charge is 0.348 e. The van der Waals surface area contributed by atoms with Crippen LogP contribution in [0.5, 0.6) is 0 Å². The number of hydrogen-bond donors (Lipinski definition) is 2. The lowest BCUT2D eigenvalue weighted by atomic mass is 10.2. The highest BCUT2D eigenvalue weighted by Gasteiger charge is 2.03. The van der Waals surface area contributed by atoms with Gasteiger partial charge in [-0.1, -0.05) is 23.7 Å². The summed E-state index contributed by atoms with van der Waals surface area (Å²) in [4.78, 5) is 18.6. The summed E-state index contributed by atoms with van der Waals surface area (Å²) in [6.45, 7) is 0.438. The fourth-order valence-corrected chi connectivity index (χ4v) is 2.41. The number of thioether (sulfide) groups is 1. The molecule has 19 heavy (non-hydrogen) atoms. The molecule has 0 aliphatic heterocycles. The van der Waals surface area contributed by atoms with Crippen LogP contribution in [0.1, 0.15) is 11.4 Å². The molecule has 0 spiro atoms. The lowest BCUT2D eigenvalue weighted by Crippen LogP contribution is -2.25. The first-order chi connectivity index (χ1) is 9.24. The number of amides is 1. The van der Waals surface area contributed by atoms with Crippen molar-refractivity contribution >= 4 is 29.3 Å². The summed E-state index contributed by atoms with van der Waals surface area (Å²) in [5, 5.41) is 3.53. The second-order valence-electron chi connectivity index (χ2n) is 3.93. The van der Waals surface area contributed by atoms with Crippen LogP contribution in [0.15, 0.2) is 36.7 Å². The molecule has 100 valence electrons. The van der Waals surface area contributed by atoms with E-state index in [4.69, 9.17) is 11.6 Å². The van der Waals surface area contributed by atoms with Crippen LogP contribution in [0.4, 0.5) is 0 Å². The number of carbonyl (C=O) groups excluding carboxylic acids is 1. The molecule has 0 saturated heterocycles. The average Bonchev–Trinajstić information content (AvgIpc) is 2.92. The zero-order chi connectivity index (χ0) is 13.5. The van der Waals surface area contributed by atoms with Crippen molar-refractivity contribution in [3.63, 3.8) is 0 Å². The van der Waals surface area contributed by atoms with Gasteiger partial charge in [0.1, 0.15) is 5.82 Å². The van der Waals surface area contributed by atoms with Crippen molar-refractivity contribution < 1.29 is 4.79 Å². The van der Waals surface area contributed by atoms with Crippen molar-refractivity contribution in [1.29, 1.82) is 0 Å². The predicted molar refractivity (Wildman–Crippen MR) is 78.0 cm³/mol. The molecular formula is C13H14ClN3OS. The fourth-order valence-electron chi connectivity index (χ4n) is 1.47. The second kappa shape index (κ2) is 7.21. The molecule has 1 aromatic carbocycles. The Kier molecular flexibility index (Phi) is 5.30. The number of nitrogens with one attached hydrogen (secondary N) is 2. The van der Waals surface area contributed by atoms with Crippen molar-refractivity contribution in [2.75, 3.05) is 5.75 Å². The van der Waals surface area contributed by atoms with E-state index in [0.717, 1.165) is 22.2 Å². The molecule has 4 nitrogen and oxygen atoms in total. The molecule has 1 amide bonds. The first-order valence-corrected chi connectivity index (χ1v) is 7.34. The number of hydrogen-bond acceptors (Lipinski definition) is 3. The van der Waals surface area contributed by atoms with Crippen LogP contribution in [-0.4, -0.2) is 21.6 Å². The van der Waals surface area contributed by atoms with Crippen molar-refractivity contribution in [2.24, 2.45) is 0 Å². The van der Waals surface area contributed by atoms with Crippen LogP contribution in [0.2, 0.25) is 5.02 Å². The summed E-state index contributed by atoms with van der Waals surface area (Å²) in [5.41, 5.74) is 1.16. The molecule has 0 bridgehead atoms. The first kappa shape index (κ1) is 14.0. The van der Waals surface area contributed by atoms with Gasteiger partial charge in [-0.25, -0.2) is 4.98 Å². The van der Waals surface area contributed by atoms with Crippen molar-refractivity contribution in [3.8, 4) is 0 Å². The van der Waals surface area contributed by atoms with Crippen LogP contribution in [0.25, 0.3) is 0 Å². The summed E-state index contributed by atoms with van der Waals surface area (Å²) in [6.07, 6.45) is 3.40. The van der Waals surface area contributed by atoms with Gasteiger partial charge in [0.05, 0.1) is 12.3 Å². The normalized spacial score (nSPS) is 10.4. The number of rotatable bonds is 6. The predicted octanol–water partition coefficient (Wildman–Crippen LogP) is 2.61. The number of nitrogens with zero attached hydrogens (tertiary/aromatic N) is 1. The van der Waals surface area contributed by atoms with Gasteiger partial charge in [-0.2, -0.15) is 0 Å². The Balaban J connectivity index is 1.65. The number of imidazole rings is 1. The second-order valence-corrected chi connectivity index (χ2v) is 5.35. The third-order valence-electron chi connectivity index (χ3n) is 2.42. The van der Waals surface area contributed by atoms with E-state index in [1.165, 1.54) is 0 Å². The van der Waals surface area contributed by atoms with Gasteiger partial charge in [-0.05, 0) is 17.7 Å². The maximum atomic E-state index is 11.6. The van der Waals surface area contributed by atoms with Crippen LogP contribution in [-0.2, 0) is 17.1 Å². The monoisotopic (exact) mass is 295 g/mol. The van der Waals surface area contributed by atoms with Crippen LogP contribution < -0.4 is 5.32 Å². The number of halogens is 1. The molecular weight excluding hydrogens is 282 g/mol. The number of H-pyrrole nitrogens is 1. The molecule has 6 heteroatoms. The zero-order valence-electron chi connectivity index (χ0n) is 10.2. The molecule has 1 aromatic heterocycles. The van der Waals surface area contributed by atoms with Crippen LogP contribution in [0, 0.1) is 0 Å². The van der Waals surface area contributed by atoms with Crippen molar-refractivity contribution in [1.82, 2.24) is 15.3 Å². The molecule has 2 N–H and O–H groups in total. The van der Waals surface area contributed by atoms with E-state index in [2.05, 4.69) is 15.3 Å². The standard InChI is InChI=1S/C13H14ClN3OS/c14-11-3-1-10(2-4-11)8-19-9-13(18)17-7-12-15-5-6-16-12/h1-6H,7-9H2,(H,15,16)(H,17,18). The van der Waals surface area contributed by atoms with E-state index in [0.29, 0.717) is 12.3 Å². The molecule has 2 rings (SSSR count). The van der Waals surface area contributed by atoms with Gasteiger partial charge in [-0.15, -0.1) is 11.8 Å². The molecule has 0 saturated carbocycles. The van der Waals surface area contributed by atoms with Crippen molar-refractivity contribution in [3.05, 3.63) is 53.1 Å². The minimum Gasteiger partial charge on any atom is -0.348 e. The van der Waals surface area contributed by atoms with Crippen LogP contribution in [0.3, 0.4) is 0 Å². The smallest absolute Gasteiger partial charge is 0.230 e. The van der Waals surface area contributed by atoms with E-state index in [1.807, 2.05) is 24.3 Å². The molecule has 0 aliphatic rings. The Morgan fingerprint density at radius 3 is 2.84 bits per heavy atom.